The molecule has 1 aromatic carbocycles. The topological polar surface area (TPSA) is 41.6 Å². The van der Waals surface area contributed by atoms with Gasteiger partial charge in [-0.05, 0) is 45.0 Å². The second-order valence-electron chi connectivity index (χ2n) is 5.34. The Morgan fingerprint density at radius 2 is 2.10 bits per heavy atom. The Labute approximate surface area is 125 Å². The molecule has 0 aliphatic carbocycles. The molecule has 5 heteroatoms. The van der Waals surface area contributed by atoms with E-state index in [4.69, 9.17) is 16.3 Å². The number of ether oxygens (including phenoxy) is 1. The quantitative estimate of drug-likeness (QED) is 0.871. The molecule has 0 radical (unpaired) electrons. The number of carbonyl (C=O) groups is 1. The van der Waals surface area contributed by atoms with Gasteiger partial charge >= 0.3 is 5.97 Å². The number of benzene rings is 1. The van der Waals surface area contributed by atoms with E-state index in [1.165, 1.54) is 7.11 Å². The minimum atomic E-state index is -0.690. The molecule has 0 bridgehead atoms. The number of hydrogen-bond acceptors (Lipinski definition) is 4. The Bertz CT molecular complexity index is 481. The summed E-state index contributed by atoms with van der Waals surface area (Å²) in [5.41, 5.74) is 0.0916. The average molecular weight is 297 g/mol. The van der Waals surface area contributed by atoms with Gasteiger partial charge in [0.15, 0.2) is 0 Å². The van der Waals surface area contributed by atoms with Crippen LogP contribution < -0.4 is 5.32 Å². The van der Waals surface area contributed by atoms with Gasteiger partial charge in [0.05, 0.1) is 17.8 Å². The number of methoxy groups -OCH3 is 1. The summed E-state index contributed by atoms with van der Waals surface area (Å²) >= 11 is 6.20. The Kier molecular flexibility index (Phi) is 4.89. The van der Waals surface area contributed by atoms with Crippen molar-refractivity contribution in [1.29, 1.82) is 0 Å². The number of nitrogens with one attached hydrogen (secondary N) is 1. The van der Waals surface area contributed by atoms with Crippen molar-refractivity contribution in [1.82, 2.24) is 4.90 Å². The summed E-state index contributed by atoms with van der Waals surface area (Å²) in [5, 5.41) is 3.96. The number of hydrogen-bond donors (Lipinski definition) is 1. The third kappa shape index (κ3) is 3.25. The molecule has 110 valence electrons. The van der Waals surface area contributed by atoms with Gasteiger partial charge in [0.2, 0.25) is 0 Å². The maximum atomic E-state index is 12.3. The zero-order chi connectivity index (χ0) is 14.6. The zero-order valence-corrected chi connectivity index (χ0v) is 12.7. The van der Waals surface area contributed by atoms with Crippen LogP contribution in [-0.2, 0) is 9.53 Å². The van der Waals surface area contributed by atoms with Crippen LogP contribution in [0.1, 0.15) is 19.3 Å². The van der Waals surface area contributed by atoms with E-state index >= 15 is 0 Å². The highest BCUT2D eigenvalue weighted by Crippen LogP contribution is 2.31. The van der Waals surface area contributed by atoms with Crippen LogP contribution in [0.15, 0.2) is 24.3 Å². The van der Waals surface area contributed by atoms with Gasteiger partial charge in [-0.15, -0.1) is 0 Å². The monoisotopic (exact) mass is 296 g/mol. The van der Waals surface area contributed by atoms with Crippen LogP contribution in [0, 0.1) is 0 Å². The fourth-order valence-electron chi connectivity index (χ4n) is 2.67. The molecule has 0 aromatic heterocycles. The molecule has 1 heterocycles. The first-order valence-corrected chi connectivity index (χ1v) is 7.25. The molecule has 1 atom stereocenters. The van der Waals surface area contributed by atoms with Gasteiger partial charge in [-0.3, -0.25) is 0 Å². The van der Waals surface area contributed by atoms with Crippen LogP contribution in [0.2, 0.25) is 5.02 Å². The zero-order valence-electron chi connectivity index (χ0n) is 12.0. The molecule has 1 fully saturated rings. The summed E-state index contributed by atoms with van der Waals surface area (Å²) in [6.45, 7) is 1.84. The van der Waals surface area contributed by atoms with Crippen LogP contribution >= 0.6 is 11.6 Å². The molecule has 1 N–H and O–H groups in total. The van der Waals surface area contributed by atoms with Crippen molar-refractivity contribution in [3.8, 4) is 0 Å². The van der Waals surface area contributed by atoms with Gasteiger partial charge < -0.3 is 15.0 Å². The van der Waals surface area contributed by atoms with Crippen molar-refractivity contribution in [2.45, 2.75) is 24.8 Å². The van der Waals surface area contributed by atoms with E-state index in [1.54, 1.807) is 0 Å². The summed E-state index contributed by atoms with van der Waals surface area (Å²) in [7, 11) is 3.51. The van der Waals surface area contributed by atoms with Crippen LogP contribution in [0.3, 0.4) is 0 Å². The number of nitrogens with zero attached hydrogens (tertiary/aromatic N) is 1. The smallest absolute Gasteiger partial charge is 0.331 e. The molecular formula is C15H21ClN2O2. The highest BCUT2D eigenvalue weighted by Gasteiger charge is 2.40. The number of esters is 1. The average Bonchev–Trinajstić information content (AvgIpc) is 2.64. The van der Waals surface area contributed by atoms with Crippen molar-refractivity contribution in [3.63, 3.8) is 0 Å². The van der Waals surface area contributed by atoms with E-state index in [-0.39, 0.29) is 5.97 Å². The van der Waals surface area contributed by atoms with Crippen molar-refractivity contribution < 1.29 is 9.53 Å². The van der Waals surface area contributed by atoms with E-state index in [1.807, 2.05) is 24.3 Å². The van der Waals surface area contributed by atoms with Crippen LogP contribution in [0.5, 0.6) is 0 Å². The third-order valence-electron chi connectivity index (χ3n) is 3.89. The van der Waals surface area contributed by atoms with E-state index in [9.17, 15) is 4.79 Å². The Morgan fingerprint density at radius 1 is 1.35 bits per heavy atom. The lowest BCUT2D eigenvalue weighted by Crippen LogP contribution is -2.48. The number of anilines is 1. The van der Waals surface area contributed by atoms with E-state index in [2.05, 4.69) is 17.3 Å². The first-order valence-electron chi connectivity index (χ1n) is 6.87. The minimum Gasteiger partial charge on any atom is -0.467 e. The van der Waals surface area contributed by atoms with E-state index in [0.717, 1.165) is 31.6 Å². The highest BCUT2D eigenvalue weighted by molar-refractivity contribution is 6.33. The van der Waals surface area contributed by atoms with Crippen molar-refractivity contribution in [3.05, 3.63) is 29.3 Å². The molecule has 1 saturated heterocycles. The van der Waals surface area contributed by atoms with Crippen molar-refractivity contribution in [2.24, 2.45) is 0 Å². The van der Waals surface area contributed by atoms with Crippen molar-refractivity contribution in [2.75, 3.05) is 32.6 Å². The minimum absolute atomic E-state index is 0.215. The first kappa shape index (κ1) is 15.1. The Morgan fingerprint density at radius 3 is 2.80 bits per heavy atom. The van der Waals surface area contributed by atoms with Crippen molar-refractivity contribution >= 4 is 23.3 Å². The Hall–Kier alpha value is -1.26. The number of para-hydroxylation sites is 1. The molecule has 4 nitrogen and oxygen atoms in total. The lowest BCUT2D eigenvalue weighted by atomic mass is 9.90. The lowest BCUT2D eigenvalue weighted by Gasteiger charge is -2.32. The predicted octanol–water partition coefficient (Wildman–Crippen LogP) is 2.78. The van der Waals surface area contributed by atoms with Gasteiger partial charge in [0.25, 0.3) is 0 Å². The summed E-state index contributed by atoms with van der Waals surface area (Å²) in [4.78, 5) is 14.6. The SMILES string of the molecule is COC(=O)C1(Nc2ccccc2Cl)CCCN(C)CC1. The normalized spacial score (nSPS) is 23.9. The molecule has 2 rings (SSSR count). The van der Waals surface area contributed by atoms with Crippen LogP contribution in [0.4, 0.5) is 5.69 Å². The highest BCUT2D eigenvalue weighted by atomic mass is 35.5. The second kappa shape index (κ2) is 6.46. The number of halogens is 1. The summed E-state index contributed by atoms with van der Waals surface area (Å²) in [5.74, 6) is -0.215. The molecule has 0 amide bonds. The van der Waals surface area contributed by atoms with Crippen LogP contribution in [-0.4, -0.2) is 43.7 Å². The molecule has 0 saturated carbocycles. The van der Waals surface area contributed by atoms with Gasteiger partial charge in [-0.1, -0.05) is 23.7 Å². The molecule has 1 aliphatic rings. The molecule has 0 spiro atoms. The first-order chi connectivity index (χ1) is 9.57. The third-order valence-corrected chi connectivity index (χ3v) is 4.22. The molecular weight excluding hydrogens is 276 g/mol. The summed E-state index contributed by atoms with van der Waals surface area (Å²) in [6.07, 6.45) is 2.40. The summed E-state index contributed by atoms with van der Waals surface area (Å²) < 4.78 is 5.03. The second-order valence-corrected chi connectivity index (χ2v) is 5.74. The summed E-state index contributed by atoms with van der Waals surface area (Å²) in [6, 6.07) is 7.49. The Balaban J connectivity index is 2.28. The van der Waals surface area contributed by atoms with E-state index < -0.39 is 5.54 Å². The van der Waals surface area contributed by atoms with Gasteiger partial charge in [0.1, 0.15) is 5.54 Å². The van der Waals surface area contributed by atoms with Gasteiger partial charge in [-0.25, -0.2) is 4.79 Å². The predicted molar refractivity (Wildman–Crippen MR) is 81.2 cm³/mol. The van der Waals surface area contributed by atoms with Crippen LogP contribution in [0.25, 0.3) is 0 Å². The maximum absolute atomic E-state index is 12.3. The maximum Gasteiger partial charge on any atom is 0.331 e. The standard InChI is InChI=1S/C15H21ClN2O2/c1-18-10-5-8-15(9-11-18,14(19)20-2)17-13-7-4-3-6-12(13)16/h3-4,6-7,17H,5,8-11H2,1-2H3. The molecule has 20 heavy (non-hydrogen) atoms. The fraction of sp³-hybridized carbons (Fsp3) is 0.533. The van der Waals surface area contributed by atoms with Gasteiger partial charge in [0, 0.05) is 6.54 Å². The number of likely N-dealkylation sites (tertiary alicyclic amines) is 1. The number of carbonyl (C=O) groups excluding carboxylic acids is 1. The number of rotatable bonds is 3. The lowest BCUT2D eigenvalue weighted by molar-refractivity contribution is -0.146. The fourth-order valence-corrected chi connectivity index (χ4v) is 2.85. The van der Waals surface area contributed by atoms with E-state index in [0.29, 0.717) is 11.4 Å². The van der Waals surface area contributed by atoms with Gasteiger partial charge in [-0.2, -0.15) is 0 Å². The largest absolute Gasteiger partial charge is 0.467 e. The molecule has 1 aliphatic heterocycles. The molecule has 1 aromatic rings. The molecule has 1 unspecified atom stereocenters.